The lowest BCUT2D eigenvalue weighted by molar-refractivity contribution is -0.186. The molecular formula is C11H21NO3. The predicted octanol–water partition coefficient (Wildman–Crippen LogP) is 1.58. The maximum atomic E-state index is 11.3. The lowest BCUT2D eigenvalue weighted by Crippen LogP contribution is -2.25. The minimum absolute atomic E-state index is 0.140. The Morgan fingerprint density at radius 2 is 2.20 bits per heavy atom. The van der Waals surface area contributed by atoms with E-state index in [0.29, 0.717) is 19.6 Å². The molecule has 0 aromatic carbocycles. The van der Waals surface area contributed by atoms with Crippen LogP contribution in [0.2, 0.25) is 0 Å². The van der Waals surface area contributed by atoms with E-state index in [9.17, 15) is 4.79 Å². The van der Waals surface area contributed by atoms with Crippen LogP contribution in [-0.4, -0.2) is 25.4 Å². The second-order valence-corrected chi connectivity index (χ2v) is 3.89. The van der Waals surface area contributed by atoms with Gasteiger partial charge in [0.25, 0.3) is 0 Å². The molecule has 0 spiro atoms. The van der Waals surface area contributed by atoms with Gasteiger partial charge in [0.2, 0.25) is 6.29 Å². The van der Waals surface area contributed by atoms with E-state index >= 15 is 0 Å². The minimum atomic E-state index is -0.291. The number of hydrogen-bond acceptors (Lipinski definition) is 4. The first-order chi connectivity index (χ1) is 7.33. The van der Waals surface area contributed by atoms with Crippen molar-refractivity contribution in [1.82, 2.24) is 0 Å². The highest BCUT2D eigenvalue weighted by atomic mass is 16.7. The third-order valence-corrected chi connectivity index (χ3v) is 2.49. The van der Waals surface area contributed by atoms with Gasteiger partial charge in [-0.1, -0.05) is 6.42 Å². The summed E-state index contributed by atoms with van der Waals surface area (Å²) in [6.45, 7) is 1.41. The van der Waals surface area contributed by atoms with Crippen molar-refractivity contribution in [1.29, 1.82) is 0 Å². The largest absolute Gasteiger partial charge is 0.436 e. The van der Waals surface area contributed by atoms with Crippen LogP contribution in [0, 0.1) is 0 Å². The topological polar surface area (TPSA) is 61.6 Å². The number of hydrogen-bond donors (Lipinski definition) is 1. The molecule has 0 amide bonds. The average molecular weight is 215 g/mol. The summed E-state index contributed by atoms with van der Waals surface area (Å²) in [5, 5.41) is 0. The van der Waals surface area contributed by atoms with Crippen LogP contribution in [0.25, 0.3) is 0 Å². The average Bonchev–Trinajstić information content (AvgIpc) is 2.26. The molecule has 0 bridgehead atoms. The van der Waals surface area contributed by atoms with Gasteiger partial charge in [-0.25, -0.2) is 0 Å². The minimum Gasteiger partial charge on any atom is -0.436 e. The van der Waals surface area contributed by atoms with Crippen LogP contribution in [0.3, 0.4) is 0 Å². The van der Waals surface area contributed by atoms with Gasteiger partial charge in [-0.2, -0.15) is 0 Å². The number of carbonyl (C=O) groups is 1. The van der Waals surface area contributed by atoms with E-state index in [0.717, 1.165) is 38.5 Å². The molecular weight excluding hydrogens is 194 g/mol. The molecule has 1 unspecified atom stereocenters. The molecule has 88 valence electrons. The van der Waals surface area contributed by atoms with Crippen LogP contribution in [-0.2, 0) is 14.3 Å². The molecule has 15 heavy (non-hydrogen) atoms. The molecule has 0 aromatic heterocycles. The zero-order valence-electron chi connectivity index (χ0n) is 9.24. The molecule has 1 rings (SSSR count). The molecule has 1 saturated heterocycles. The molecule has 1 aliphatic rings. The number of esters is 1. The summed E-state index contributed by atoms with van der Waals surface area (Å²) in [6.07, 6.45) is 6.04. The highest BCUT2D eigenvalue weighted by Crippen LogP contribution is 2.14. The van der Waals surface area contributed by atoms with Gasteiger partial charge in [-0.05, 0) is 32.2 Å². The molecule has 1 heterocycles. The Kier molecular flexibility index (Phi) is 6.36. The van der Waals surface area contributed by atoms with E-state index in [4.69, 9.17) is 15.2 Å². The fraction of sp³-hybridized carbons (Fsp3) is 0.909. The monoisotopic (exact) mass is 215 g/mol. The van der Waals surface area contributed by atoms with Gasteiger partial charge in [0.15, 0.2) is 0 Å². The summed E-state index contributed by atoms with van der Waals surface area (Å²) in [6, 6.07) is 0. The van der Waals surface area contributed by atoms with E-state index in [2.05, 4.69) is 0 Å². The van der Waals surface area contributed by atoms with E-state index in [1.54, 1.807) is 0 Å². The molecule has 2 N–H and O–H groups in total. The van der Waals surface area contributed by atoms with Gasteiger partial charge in [-0.3, -0.25) is 4.79 Å². The first-order valence-electron chi connectivity index (χ1n) is 5.84. The molecule has 0 saturated carbocycles. The van der Waals surface area contributed by atoms with Crippen molar-refractivity contribution < 1.29 is 14.3 Å². The van der Waals surface area contributed by atoms with Crippen molar-refractivity contribution in [2.75, 3.05) is 13.2 Å². The van der Waals surface area contributed by atoms with E-state index < -0.39 is 0 Å². The molecule has 4 nitrogen and oxygen atoms in total. The summed E-state index contributed by atoms with van der Waals surface area (Å²) in [7, 11) is 0. The maximum absolute atomic E-state index is 11.3. The van der Waals surface area contributed by atoms with Crippen molar-refractivity contribution >= 4 is 5.97 Å². The SMILES string of the molecule is NCCCCCC(=O)OC1CCCCO1. The molecule has 1 fully saturated rings. The zero-order chi connectivity index (χ0) is 10.9. The Labute approximate surface area is 91.1 Å². The van der Waals surface area contributed by atoms with Gasteiger partial charge in [0.1, 0.15) is 0 Å². The van der Waals surface area contributed by atoms with Crippen LogP contribution < -0.4 is 5.73 Å². The molecule has 4 heteroatoms. The Morgan fingerprint density at radius 3 is 2.87 bits per heavy atom. The zero-order valence-corrected chi connectivity index (χ0v) is 9.24. The Morgan fingerprint density at radius 1 is 1.33 bits per heavy atom. The lowest BCUT2D eigenvalue weighted by atomic mass is 10.2. The molecule has 1 atom stereocenters. The number of carbonyl (C=O) groups excluding carboxylic acids is 1. The predicted molar refractivity (Wildman–Crippen MR) is 57.2 cm³/mol. The summed E-state index contributed by atoms with van der Waals surface area (Å²) in [5.74, 6) is -0.140. The van der Waals surface area contributed by atoms with E-state index in [-0.39, 0.29) is 12.3 Å². The number of rotatable bonds is 6. The van der Waals surface area contributed by atoms with Gasteiger partial charge < -0.3 is 15.2 Å². The van der Waals surface area contributed by atoms with E-state index in [1.807, 2.05) is 0 Å². The van der Waals surface area contributed by atoms with Crippen LogP contribution in [0.5, 0.6) is 0 Å². The summed E-state index contributed by atoms with van der Waals surface area (Å²) in [4.78, 5) is 11.3. The van der Waals surface area contributed by atoms with Crippen molar-refractivity contribution in [3.8, 4) is 0 Å². The Hall–Kier alpha value is -0.610. The summed E-state index contributed by atoms with van der Waals surface area (Å²) < 4.78 is 10.5. The third kappa shape index (κ3) is 5.74. The standard InChI is InChI=1S/C11H21NO3/c12-8-4-1-2-6-10(13)15-11-7-3-5-9-14-11/h11H,1-9,12H2. The van der Waals surface area contributed by atoms with Gasteiger partial charge in [-0.15, -0.1) is 0 Å². The fourth-order valence-electron chi connectivity index (χ4n) is 1.60. The maximum Gasteiger partial charge on any atom is 0.308 e. The molecule has 1 aliphatic heterocycles. The van der Waals surface area contributed by atoms with Gasteiger partial charge >= 0.3 is 5.97 Å². The van der Waals surface area contributed by atoms with E-state index in [1.165, 1.54) is 0 Å². The highest BCUT2D eigenvalue weighted by molar-refractivity contribution is 5.69. The first-order valence-corrected chi connectivity index (χ1v) is 5.84. The molecule has 0 aromatic rings. The fourth-order valence-corrected chi connectivity index (χ4v) is 1.60. The number of unbranched alkanes of at least 4 members (excludes halogenated alkanes) is 2. The normalized spacial score (nSPS) is 21.3. The smallest absolute Gasteiger partial charge is 0.308 e. The van der Waals surface area contributed by atoms with Crippen molar-refractivity contribution in [3.05, 3.63) is 0 Å². The van der Waals surface area contributed by atoms with Gasteiger partial charge in [0.05, 0.1) is 6.61 Å². The quantitative estimate of drug-likeness (QED) is 0.539. The second kappa shape index (κ2) is 7.65. The van der Waals surface area contributed by atoms with Crippen LogP contribution >= 0.6 is 0 Å². The van der Waals surface area contributed by atoms with Gasteiger partial charge in [0, 0.05) is 12.8 Å². The van der Waals surface area contributed by atoms with Crippen LogP contribution in [0.1, 0.15) is 44.9 Å². The van der Waals surface area contributed by atoms with Crippen molar-refractivity contribution in [2.45, 2.75) is 51.2 Å². The Bertz CT molecular complexity index is 179. The van der Waals surface area contributed by atoms with Crippen molar-refractivity contribution in [3.63, 3.8) is 0 Å². The second-order valence-electron chi connectivity index (χ2n) is 3.89. The number of nitrogens with two attached hydrogens (primary N) is 1. The highest BCUT2D eigenvalue weighted by Gasteiger charge is 2.17. The molecule has 0 aliphatic carbocycles. The summed E-state index contributed by atoms with van der Waals surface area (Å²) >= 11 is 0. The number of ether oxygens (including phenoxy) is 2. The lowest BCUT2D eigenvalue weighted by Gasteiger charge is -2.22. The van der Waals surface area contributed by atoms with Crippen molar-refractivity contribution in [2.24, 2.45) is 5.73 Å². The first kappa shape index (κ1) is 12.5. The molecule has 0 radical (unpaired) electrons. The van der Waals surface area contributed by atoms with Crippen LogP contribution in [0.15, 0.2) is 0 Å². The third-order valence-electron chi connectivity index (χ3n) is 2.49. The Balaban J connectivity index is 2.01. The summed E-state index contributed by atoms with van der Waals surface area (Å²) in [5.41, 5.74) is 5.36. The van der Waals surface area contributed by atoms with Crippen LogP contribution in [0.4, 0.5) is 0 Å².